The molecule has 2 rings (SSSR count). The molecule has 132 valence electrons. The fraction of sp³-hybridized carbons (Fsp3) is 0.300. The van der Waals surface area contributed by atoms with E-state index in [1.807, 2.05) is 55.5 Å². The Labute approximate surface area is 148 Å². The quantitative estimate of drug-likeness (QED) is 0.776. The maximum absolute atomic E-state index is 12.1. The molecule has 5 heteroatoms. The van der Waals surface area contributed by atoms with E-state index in [4.69, 9.17) is 4.74 Å². The number of nitrogens with one attached hydrogen (secondary N) is 2. The summed E-state index contributed by atoms with van der Waals surface area (Å²) >= 11 is 0. The second-order valence-corrected chi connectivity index (χ2v) is 5.64. The molecule has 0 spiro atoms. The van der Waals surface area contributed by atoms with Crippen molar-refractivity contribution in [2.24, 2.45) is 0 Å². The molecule has 0 saturated heterocycles. The molecule has 0 heterocycles. The maximum Gasteiger partial charge on any atom is 0.224 e. The number of para-hydroxylation sites is 1. The lowest BCUT2D eigenvalue weighted by Gasteiger charge is -2.10. The number of carbonyl (C=O) groups excluding carboxylic acids is 2. The van der Waals surface area contributed by atoms with Crippen molar-refractivity contribution in [2.75, 3.05) is 19.0 Å². The number of hydrogen-bond donors (Lipinski definition) is 2. The van der Waals surface area contributed by atoms with Gasteiger partial charge in [0.1, 0.15) is 5.75 Å². The lowest BCUT2D eigenvalue weighted by Crippen LogP contribution is -2.19. The minimum atomic E-state index is -0.0506. The molecular formula is C20H24N2O3. The monoisotopic (exact) mass is 340 g/mol. The van der Waals surface area contributed by atoms with Gasteiger partial charge in [0, 0.05) is 19.2 Å². The number of anilines is 1. The summed E-state index contributed by atoms with van der Waals surface area (Å²) < 4.78 is 5.58. The highest BCUT2D eigenvalue weighted by Gasteiger charge is 2.07. The van der Waals surface area contributed by atoms with E-state index in [-0.39, 0.29) is 11.8 Å². The van der Waals surface area contributed by atoms with Crippen molar-refractivity contribution in [3.63, 3.8) is 0 Å². The highest BCUT2D eigenvalue weighted by molar-refractivity contribution is 5.91. The van der Waals surface area contributed by atoms with Gasteiger partial charge in [-0.25, -0.2) is 0 Å². The van der Waals surface area contributed by atoms with Crippen molar-refractivity contribution in [1.82, 2.24) is 5.32 Å². The fourth-order valence-electron chi connectivity index (χ4n) is 2.46. The molecule has 0 aliphatic rings. The summed E-state index contributed by atoms with van der Waals surface area (Å²) in [5, 5.41) is 5.47. The number of hydrogen-bond acceptors (Lipinski definition) is 3. The highest BCUT2D eigenvalue weighted by Crippen LogP contribution is 2.20. The van der Waals surface area contributed by atoms with Gasteiger partial charge in [-0.15, -0.1) is 0 Å². The highest BCUT2D eigenvalue weighted by atomic mass is 16.5. The third kappa shape index (κ3) is 5.95. The number of carbonyl (C=O) groups is 2. The molecule has 0 aliphatic carbocycles. The van der Waals surface area contributed by atoms with Crippen molar-refractivity contribution < 1.29 is 14.3 Å². The summed E-state index contributed by atoms with van der Waals surface area (Å²) in [6, 6.07) is 15.1. The Morgan fingerprint density at radius 3 is 2.40 bits per heavy atom. The van der Waals surface area contributed by atoms with E-state index in [1.54, 1.807) is 7.05 Å². The van der Waals surface area contributed by atoms with Crippen LogP contribution in [0.3, 0.4) is 0 Å². The smallest absolute Gasteiger partial charge is 0.224 e. The van der Waals surface area contributed by atoms with Gasteiger partial charge in [-0.05, 0) is 42.7 Å². The van der Waals surface area contributed by atoms with Crippen molar-refractivity contribution in [1.29, 1.82) is 0 Å². The van der Waals surface area contributed by atoms with Crippen molar-refractivity contribution in [3.05, 3.63) is 59.7 Å². The van der Waals surface area contributed by atoms with Crippen LogP contribution in [-0.2, 0) is 22.4 Å². The molecule has 0 saturated carbocycles. The predicted octanol–water partition coefficient (Wildman–Crippen LogP) is 2.95. The van der Waals surface area contributed by atoms with E-state index in [0.717, 1.165) is 22.6 Å². The van der Waals surface area contributed by atoms with Crippen molar-refractivity contribution in [2.45, 2.75) is 26.2 Å². The van der Waals surface area contributed by atoms with E-state index in [1.165, 1.54) is 0 Å². The zero-order chi connectivity index (χ0) is 18.1. The van der Waals surface area contributed by atoms with Gasteiger partial charge >= 0.3 is 0 Å². The van der Waals surface area contributed by atoms with Gasteiger partial charge in [-0.3, -0.25) is 9.59 Å². The van der Waals surface area contributed by atoms with Crippen LogP contribution < -0.4 is 15.4 Å². The van der Waals surface area contributed by atoms with Gasteiger partial charge in [0.15, 0.2) is 0 Å². The Morgan fingerprint density at radius 1 is 1.00 bits per heavy atom. The number of aryl methyl sites for hydroxylation is 1. The number of ether oxygens (including phenoxy) is 1. The van der Waals surface area contributed by atoms with Crippen molar-refractivity contribution in [3.8, 4) is 5.75 Å². The molecule has 0 fully saturated rings. The first-order chi connectivity index (χ1) is 12.1. The molecule has 0 radical (unpaired) electrons. The van der Waals surface area contributed by atoms with Crippen LogP contribution in [0, 0.1) is 0 Å². The third-order valence-electron chi connectivity index (χ3n) is 3.78. The molecule has 2 aromatic rings. The molecule has 25 heavy (non-hydrogen) atoms. The Morgan fingerprint density at radius 2 is 1.72 bits per heavy atom. The van der Waals surface area contributed by atoms with Gasteiger partial charge in [0.2, 0.25) is 11.8 Å². The van der Waals surface area contributed by atoms with E-state index in [2.05, 4.69) is 10.6 Å². The van der Waals surface area contributed by atoms with Crippen LogP contribution in [0.4, 0.5) is 5.69 Å². The number of benzene rings is 2. The minimum Gasteiger partial charge on any atom is -0.494 e. The first-order valence-corrected chi connectivity index (χ1v) is 8.42. The minimum absolute atomic E-state index is 0.0373. The van der Waals surface area contributed by atoms with Crippen molar-refractivity contribution >= 4 is 17.5 Å². The van der Waals surface area contributed by atoms with Crippen LogP contribution in [-0.4, -0.2) is 25.5 Å². The van der Waals surface area contributed by atoms with Crippen LogP contribution in [0.25, 0.3) is 0 Å². The average molecular weight is 340 g/mol. The molecule has 0 unspecified atom stereocenters. The van der Waals surface area contributed by atoms with Crippen LogP contribution in [0.2, 0.25) is 0 Å². The van der Waals surface area contributed by atoms with Crippen LogP contribution in [0.15, 0.2) is 48.5 Å². The number of amides is 2. The maximum atomic E-state index is 12.1. The Bertz CT molecular complexity index is 711. The van der Waals surface area contributed by atoms with E-state index in [0.29, 0.717) is 25.9 Å². The Balaban J connectivity index is 1.87. The van der Waals surface area contributed by atoms with Gasteiger partial charge in [-0.1, -0.05) is 30.3 Å². The SMILES string of the molecule is CCOc1ccccc1CCC(=O)Nc1ccc(CC(=O)NC)cc1. The van der Waals surface area contributed by atoms with E-state index < -0.39 is 0 Å². The first-order valence-electron chi connectivity index (χ1n) is 8.42. The molecule has 0 atom stereocenters. The molecule has 0 bridgehead atoms. The lowest BCUT2D eigenvalue weighted by atomic mass is 10.1. The van der Waals surface area contributed by atoms with E-state index in [9.17, 15) is 9.59 Å². The summed E-state index contributed by atoms with van der Waals surface area (Å²) in [7, 11) is 1.61. The predicted molar refractivity (Wildman–Crippen MR) is 98.8 cm³/mol. The lowest BCUT2D eigenvalue weighted by molar-refractivity contribution is -0.120. The number of likely N-dealkylation sites (N-methyl/N-ethyl adjacent to an activating group) is 1. The van der Waals surface area contributed by atoms with Gasteiger partial charge < -0.3 is 15.4 Å². The summed E-state index contributed by atoms with van der Waals surface area (Å²) in [6.07, 6.45) is 1.33. The van der Waals surface area contributed by atoms with Gasteiger partial charge in [0.05, 0.1) is 13.0 Å². The largest absolute Gasteiger partial charge is 0.494 e. The second kappa shape index (κ2) is 9.47. The Hall–Kier alpha value is -2.82. The van der Waals surface area contributed by atoms with Crippen LogP contribution in [0.1, 0.15) is 24.5 Å². The van der Waals surface area contributed by atoms with Gasteiger partial charge in [-0.2, -0.15) is 0 Å². The third-order valence-corrected chi connectivity index (χ3v) is 3.78. The zero-order valence-electron chi connectivity index (χ0n) is 14.7. The molecule has 0 aromatic heterocycles. The molecular weight excluding hydrogens is 316 g/mol. The molecule has 5 nitrogen and oxygen atoms in total. The number of rotatable bonds is 8. The standard InChI is InChI=1S/C20H24N2O3/c1-3-25-18-7-5-4-6-16(18)10-13-19(23)22-17-11-8-15(9-12-17)14-20(24)21-2/h4-9,11-12H,3,10,13-14H2,1-2H3,(H,21,24)(H,22,23). The Kier molecular flexibility index (Phi) is 7.01. The fourth-order valence-corrected chi connectivity index (χ4v) is 2.46. The topological polar surface area (TPSA) is 67.4 Å². The zero-order valence-corrected chi connectivity index (χ0v) is 14.7. The normalized spacial score (nSPS) is 10.2. The van der Waals surface area contributed by atoms with Crippen LogP contribution >= 0.6 is 0 Å². The molecule has 2 amide bonds. The van der Waals surface area contributed by atoms with Gasteiger partial charge in [0.25, 0.3) is 0 Å². The second-order valence-electron chi connectivity index (χ2n) is 5.64. The average Bonchev–Trinajstić information content (AvgIpc) is 2.63. The molecule has 0 aliphatic heterocycles. The molecule has 2 N–H and O–H groups in total. The summed E-state index contributed by atoms with van der Waals surface area (Å²) in [5.41, 5.74) is 2.66. The first kappa shape index (κ1) is 18.5. The van der Waals surface area contributed by atoms with E-state index >= 15 is 0 Å². The summed E-state index contributed by atoms with van der Waals surface area (Å²) in [6.45, 7) is 2.54. The summed E-state index contributed by atoms with van der Waals surface area (Å²) in [5.74, 6) is 0.742. The van der Waals surface area contributed by atoms with Crippen LogP contribution in [0.5, 0.6) is 5.75 Å². The molecule has 2 aromatic carbocycles. The summed E-state index contributed by atoms with van der Waals surface area (Å²) in [4.78, 5) is 23.5.